The zero-order valence-electron chi connectivity index (χ0n) is 7.35. The topological polar surface area (TPSA) is 27.6 Å². The van der Waals surface area contributed by atoms with Crippen LogP contribution in [-0.4, -0.2) is 24.3 Å². The molecular weight excluding hydrogens is 162 g/mol. The Hall–Kier alpha value is -0.700. The predicted octanol–water partition coefficient (Wildman–Crippen LogP) is 1.57. The third-order valence-electron chi connectivity index (χ3n) is 1.22. The smallest absolute Gasteiger partial charge is 0.0632 e. The molecule has 0 saturated carbocycles. The Labute approximate surface area is 72.8 Å². The van der Waals surface area contributed by atoms with E-state index >= 15 is 0 Å². The van der Waals surface area contributed by atoms with Crippen LogP contribution < -0.4 is 5.32 Å². The highest BCUT2D eigenvalue weighted by Crippen LogP contribution is 1.98. The highest BCUT2D eigenvalue weighted by molar-refractivity contribution is 6.13. The molecule has 0 aliphatic rings. The zero-order valence-corrected chi connectivity index (χ0v) is 8.11. The summed E-state index contributed by atoms with van der Waals surface area (Å²) < 4.78 is 1.27. The van der Waals surface area contributed by atoms with Gasteiger partial charge in [0.25, 0.3) is 0 Å². The van der Waals surface area contributed by atoms with Gasteiger partial charge in [-0.2, -0.15) is 5.10 Å². The second-order valence-electron chi connectivity index (χ2n) is 2.25. The summed E-state index contributed by atoms with van der Waals surface area (Å²) >= 11 is 5.52. The molecule has 0 radical (unpaired) electrons. The number of hydrogen-bond acceptors (Lipinski definition) is 3. The molecule has 3 nitrogen and oxygen atoms in total. The van der Waals surface area contributed by atoms with Crippen LogP contribution in [0.15, 0.2) is 16.9 Å². The van der Waals surface area contributed by atoms with E-state index in [0.717, 1.165) is 11.3 Å². The van der Waals surface area contributed by atoms with Gasteiger partial charge in [0, 0.05) is 32.1 Å². The van der Waals surface area contributed by atoms with Gasteiger partial charge in [-0.05, 0) is 19.4 Å². The summed E-state index contributed by atoms with van der Waals surface area (Å²) in [5.74, 6) is 0. The molecule has 0 aromatic heterocycles. The molecule has 0 atom stereocenters. The molecule has 0 rings (SSSR count). The van der Waals surface area contributed by atoms with Gasteiger partial charge in [0.1, 0.15) is 0 Å². The highest BCUT2D eigenvalue weighted by atomic mass is 35.5. The third kappa shape index (κ3) is 4.67. The van der Waals surface area contributed by atoms with Crippen LogP contribution in [-0.2, 0) is 0 Å². The molecule has 0 bridgehead atoms. The monoisotopic (exact) mass is 175 g/mol. The van der Waals surface area contributed by atoms with E-state index in [-0.39, 0.29) is 0 Å². The first-order valence-corrected chi connectivity index (χ1v) is 3.71. The maximum atomic E-state index is 5.52. The van der Waals surface area contributed by atoms with Crippen LogP contribution in [0.2, 0.25) is 0 Å². The van der Waals surface area contributed by atoms with Crippen LogP contribution in [0.25, 0.3) is 0 Å². The number of halogens is 1. The van der Waals surface area contributed by atoms with E-state index in [1.807, 2.05) is 27.1 Å². The van der Waals surface area contributed by atoms with Crippen molar-refractivity contribution in [3.05, 3.63) is 11.8 Å². The SMILES string of the molecule is CN/C=C(C)/C(C)=N\N(C)Cl. The van der Waals surface area contributed by atoms with Crippen LogP contribution in [0.1, 0.15) is 13.8 Å². The molecule has 0 heterocycles. The van der Waals surface area contributed by atoms with Gasteiger partial charge in [-0.3, -0.25) is 0 Å². The van der Waals surface area contributed by atoms with Gasteiger partial charge < -0.3 is 5.32 Å². The van der Waals surface area contributed by atoms with Gasteiger partial charge in [0.05, 0.1) is 5.71 Å². The molecule has 0 amide bonds. The quantitative estimate of drug-likeness (QED) is 0.401. The van der Waals surface area contributed by atoms with Crippen molar-refractivity contribution in [3.63, 3.8) is 0 Å². The van der Waals surface area contributed by atoms with Crippen molar-refractivity contribution in [2.45, 2.75) is 13.8 Å². The van der Waals surface area contributed by atoms with Gasteiger partial charge in [0.2, 0.25) is 0 Å². The maximum Gasteiger partial charge on any atom is 0.0632 e. The van der Waals surface area contributed by atoms with Gasteiger partial charge in [-0.25, -0.2) is 4.53 Å². The van der Waals surface area contributed by atoms with Gasteiger partial charge in [-0.15, -0.1) is 0 Å². The number of allylic oxidation sites excluding steroid dienone is 1. The summed E-state index contributed by atoms with van der Waals surface area (Å²) in [4.78, 5) is 0. The minimum atomic E-state index is 0.900. The normalized spacial score (nSPS) is 13.2. The van der Waals surface area contributed by atoms with Crippen molar-refractivity contribution in [1.29, 1.82) is 0 Å². The summed E-state index contributed by atoms with van der Waals surface area (Å²) in [6.45, 7) is 3.87. The molecule has 0 fully saturated rings. The van der Waals surface area contributed by atoms with E-state index < -0.39 is 0 Å². The third-order valence-corrected chi connectivity index (χ3v) is 1.29. The van der Waals surface area contributed by atoms with Crippen molar-refractivity contribution in [1.82, 2.24) is 9.84 Å². The first-order valence-electron chi connectivity index (χ1n) is 3.37. The largest absolute Gasteiger partial charge is 0.394 e. The van der Waals surface area contributed by atoms with Crippen molar-refractivity contribution in [2.24, 2.45) is 5.10 Å². The first kappa shape index (κ1) is 10.3. The first-order chi connectivity index (χ1) is 5.07. The number of nitrogens with zero attached hydrogens (tertiary/aromatic N) is 2. The molecule has 64 valence electrons. The number of rotatable bonds is 3. The molecular formula is C7H14ClN3. The molecule has 0 spiro atoms. The Morgan fingerprint density at radius 2 is 2.09 bits per heavy atom. The zero-order chi connectivity index (χ0) is 8.85. The summed E-state index contributed by atoms with van der Waals surface area (Å²) in [6, 6.07) is 0. The van der Waals surface area contributed by atoms with E-state index in [2.05, 4.69) is 10.4 Å². The molecule has 11 heavy (non-hydrogen) atoms. The van der Waals surface area contributed by atoms with E-state index in [1.54, 1.807) is 7.05 Å². The molecule has 0 saturated heterocycles. The van der Waals surface area contributed by atoms with Crippen molar-refractivity contribution < 1.29 is 0 Å². The Bertz CT molecular complexity index is 173. The lowest BCUT2D eigenvalue weighted by Gasteiger charge is -2.04. The average Bonchev–Trinajstić information content (AvgIpc) is 1.86. The van der Waals surface area contributed by atoms with Crippen LogP contribution in [0.4, 0.5) is 0 Å². The van der Waals surface area contributed by atoms with Crippen molar-refractivity contribution in [3.8, 4) is 0 Å². The molecule has 1 N–H and O–H groups in total. The summed E-state index contributed by atoms with van der Waals surface area (Å²) in [7, 11) is 3.53. The van der Waals surface area contributed by atoms with Crippen LogP contribution >= 0.6 is 11.8 Å². The van der Waals surface area contributed by atoms with Gasteiger partial charge in [-0.1, -0.05) is 0 Å². The lowest BCUT2D eigenvalue weighted by Crippen LogP contribution is -2.05. The van der Waals surface area contributed by atoms with E-state index in [1.165, 1.54) is 4.53 Å². The predicted molar refractivity (Wildman–Crippen MR) is 49.5 cm³/mol. The second-order valence-corrected chi connectivity index (χ2v) is 2.74. The summed E-state index contributed by atoms with van der Waals surface area (Å²) in [6.07, 6.45) is 1.87. The minimum Gasteiger partial charge on any atom is -0.394 e. The number of nitrogens with one attached hydrogen (secondary N) is 1. The molecule has 0 unspecified atom stereocenters. The Morgan fingerprint density at radius 1 is 1.55 bits per heavy atom. The molecule has 0 aromatic carbocycles. The Morgan fingerprint density at radius 3 is 2.45 bits per heavy atom. The van der Waals surface area contributed by atoms with E-state index in [0.29, 0.717) is 0 Å². The molecule has 0 aliphatic heterocycles. The fraction of sp³-hybridized carbons (Fsp3) is 0.571. The van der Waals surface area contributed by atoms with Crippen LogP contribution in [0, 0.1) is 0 Å². The van der Waals surface area contributed by atoms with Crippen molar-refractivity contribution in [2.75, 3.05) is 14.1 Å². The summed E-state index contributed by atoms with van der Waals surface area (Å²) in [5, 5.41) is 6.92. The van der Waals surface area contributed by atoms with E-state index in [9.17, 15) is 0 Å². The Balaban J connectivity index is 4.23. The Kier molecular flexibility index (Phi) is 4.70. The molecule has 0 aromatic rings. The summed E-state index contributed by atoms with van der Waals surface area (Å²) in [5.41, 5.74) is 1.97. The number of hydrazone groups is 1. The number of hydrogen-bond donors (Lipinski definition) is 1. The molecule has 4 heteroatoms. The average molecular weight is 176 g/mol. The van der Waals surface area contributed by atoms with Gasteiger partial charge >= 0.3 is 0 Å². The fourth-order valence-electron chi connectivity index (χ4n) is 0.607. The molecule has 0 aliphatic carbocycles. The lowest BCUT2D eigenvalue weighted by molar-refractivity contribution is 0.594. The second kappa shape index (κ2) is 5.02. The minimum absolute atomic E-state index is 0.900. The van der Waals surface area contributed by atoms with Gasteiger partial charge in [0.15, 0.2) is 0 Å². The fourth-order valence-corrected chi connectivity index (χ4v) is 0.720. The maximum absolute atomic E-state index is 5.52. The van der Waals surface area contributed by atoms with Crippen LogP contribution in [0.5, 0.6) is 0 Å². The lowest BCUT2D eigenvalue weighted by atomic mass is 10.2. The highest BCUT2D eigenvalue weighted by Gasteiger charge is 1.94. The standard InChI is InChI=1S/C7H14ClN3/c1-6(5-9-3)7(2)10-11(4)8/h5,9H,1-4H3/b6-5+,10-7-. The van der Waals surface area contributed by atoms with E-state index in [4.69, 9.17) is 11.8 Å². The van der Waals surface area contributed by atoms with Crippen molar-refractivity contribution >= 4 is 17.5 Å². The van der Waals surface area contributed by atoms with Crippen LogP contribution in [0.3, 0.4) is 0 Å².